The number of aryl methyl sites for hydroxylation is 1. The molecule has 3 amide bonds. The Balaban J connectivity index is 1.59. The molecule has 1 unspecified atom stereocenters. The summed E-state index contributed by atoms with van der Waals surface area (Å²) in [5, 5.41) is 2.87. The van der Waals surface area contributed by atoms with Gasteiger partial charge in [0.05, 0.1) is 35.4 Å². The van der Waals surface area contributed by atoms with Gasteiger partial charge in [0.25, 0.3) is 17.7 Å². The molecule has 4 rings (SSSR count). The molecule has 1 aliphatic heterocycles. The number of para-hydroxylation sites is 1. The van der Waals surface area contributed by atoms with E-state index < -0.39 is 29.7 Å². The van der Waals surface area contributed by atoms with E-state index in [-0.39, 0.29) is 29.2 Å². The van der Waals surface area contributed by atoms with Crippen LogP contribution < -0.4 is 10.2 Å². The van der Waals surface area contributed by atoms with Gasteiger partial charge in [0, 0.05) is 5.56 Å². The van der Waals surface area contributed by atoms with Gasteiger partial charge >= 0.3 is 5.97 Å². The third kappa shape index (κ3) is 4.99. The predicted molar refractivity (Wildman–Crippen MR) is 131 cm³/mol. The van der Waals surface area contributed by atoms with Crippen LogP contribution in [0.4, 0.5) is 5.69 Å². The first kappa shape index (κ1) is 23.9. The minimum Gasteiger partial charge on any atom is -0.463 e. The van der Waals surface area contributed by atoms with Gasteiger partial charge in [-0.15, -0.1) is 0 Å². The third-order valence-corrected chi connectivity index (χ3v) is 5.75. The highest BCUT2D eigenvalue weighted by molar-refractivity contribution is 6.35. The lowest BCUT2D eigenvalue weighted by Crippen LogP contribution is -2.31. The van der Waals surface area contributed by atoms with Crippen molar-refractivity contribution in [2.75, 3.05) is 4.90 Å². The van der Waals surface area contributed by atoms with Gasteiger partial charge in [0.2, 0.25) is 0 Å². The third-order valence-electron chi connectivity index (χ3n) is 5.75. The highest BCUT2D eigenvalue weighted by atomic mass is 16.5. The molecule has 0 bridgehead atoms. The Labute approximate surface area is 203 Å². The molecule has 1 N–H and O–H groups in total. The van der Waals surface area contributed by atoms with E-state index in [1.54, 1.807) is 26.0 Å². The summed E-state index contributed by atoms with van der Waals surface area (Å²) in [7, 11) is 0. The fourth-order valence-electron chi connectivity index (χ4n) is 4.07. The van der Waals surface area contributed by atoms with Crippen LogP contribution in [0.5, 0.6) is 0 Å². The van der Waals surface area contributed by atoms with Gasteiger partial charge in [0.1, 0.15) is 0 Å². The number of amides is 3. The lowest BCUT2D eigenvalue weighted by molar-refractivity contribution is -0.147. The van der Waals surface area contributed by atoms with Crippen LogP contribution in [0.2, 0.25) is 0 Å². The maximum absolute atomic E-state index is 13.2. The van der Waals surface area contributed by atoms with Crippen LogP contribution in [0.25, 0.3) is 0 Å². The van der Waals surface area contributed by atoms with E-state index in [9.17, 15) is 19.2 Å². The Bertz CT molecular complexity index is 1300. The highest BCUT2D eigenvalue weighted by Gasteiger charge is 2.37. The summed E-state index contributed by atoms with van der Waals surface area (Å²) in [6.07, 6.45) is -0.316. The molecular weight excluding hydrogens is 444 g/mol. The summed E-state index contributed by atoms with van der Waals surface area (Å²) in [5.41, 5.74) is 2.68. The first-order chi connectivity index (χ1) is 16.8. The largest absolute Gasteiger partial charge is 0.463 e. The number of fused-ring (bicyclic) bond motifs is 1. The number of anilines is 1. The van der Waals surface area contributed by atoms with Crippen LogP contribution in [0.3, 0.4) is 0 Å². The van der Waals surface area contributed by atoms with E-state index in [0.29, 0.717) is 5.69 Å². The molecule has 1 heterocycles. The average molecular weight is 471 g/mol. The molecule has 3 aromatic carbocycles. The first-order valence-corrected chi connectivity index (χ1v) is 11.4. The maximum atomic E-state index is 13.2. The van der Waals surface area contributed by atoms with Gasteiger partial charge in [-0.3, -0.25) is 19.2 Å². The van der Waals surface area contributed by atoms with Crippen LogP contribution in [-0.4, -0.2) is 29.8 Å². The molecule has 7 nitrogen and oxygen atoms in total. The zero-order valence-electron chi connectivity index (χ0n) is 19.8. The Morgan fingerprint density at radius 3 is 2.23 bits per heavy atom. The second-order valence-electron chi connectivity index (χ2n) is 8.67. The number of carbonyl (C=O) groups excluding carboxylic acids is 4. The van der Waals surface area contributed by atoms with Crippen molar-refractivity contribution in [2.24, 2.45) is 0 Å². The van der Waals surface area contributed by atoms with Gasteiger partial charge in [0.15, 0.2) is 0 Å². The number of rotatable bonds is 7. The van der Waals surface area contributed by atoms with Gasteiger partial charge in [-0.2, -0.15) is 0 Å². The van der Waals surface area contributed by atoms with Crippen molar-refractivity contribution >= 4 is 29.4 Å². The van der Waals surface area contributed by atoms with E-state index >= 15 is 0 Å². The normalized spacial score (nSPS) is 13.5. The highest BCUT2D eigenvalue weighted by Crippen LogP contribution is 2.31. The summed E-state index contributed by atoms with van der Waals surface area (Å²) in [6, 6.07) is 20.1. The number of nitrogens with zero attached hydrogens (tertiary/aromatic N) is 1. The monoisotopic (exact) mass is 470 g/mol. The lowest BCUT2D eigenvalue weighted by Gasteiger charge is -2.19. The molecule has 35 heavy (non-hydrogen) atoms. The molecule has 0 aromatic heterocycles. The molecule has 0 saturated carbocycles. The van der Waals surface area contributed by atoms with E-state index in [0.717, 1.165) is 16.0 Å². The van der Waals surface area contributed by atoms with E-state index in [1.807, 2.05) is 49.4 Å². The summed E-state index contributed by atoms with van der Waals surface area (Å²) in [5.74, 6) is -1.80. The van der Waals surface area contributed by atoms with Crippen molar-refractivity contribution in [1.29, 1.82) is 0 Å². The Hall–Kier alpha value is -4.26. The van der Waals surface area contributed by atoms with Crippen molar-refractivity contribution in [1.82, 2.24) is 5.32 Å². The van der Waals surface area contributed by atoms with E-state index in [4.69, 9.17) is 4.74 Å². The summed E-state index contributed by atoms with van der Waals surface area (Å²) in [4.78, 5) is 52.7. The molecule has 178 valence electrons. The fourth-order valence-corrected chi connectivity index (χ4v) is 4.07. The van der Waals surface area contributed by atoms with Gasteiger partial charge in [-0.1, -0.05) is 48.5 Å². The number of benzene rings is 3. The van der Waals surface area contributed by atoms with Crippen LogP contribution in [-0.2, 0) is 9.53 Å². The van der Waals surface area contributed by atoms with Gasteiger partial charge < -0.3 is 10.1 Å². The predicted octanol–water partition coefficient (Wildman–Crippen LogP) is 4.61. The smallest absolute Gasteiger partial charge is 0.308 e. The van der Waals surface area contributed by atoms with Gasteiger partial charge in [-0.05, 0) is 56.2 Å². The lowest BCUT2D eigenvalue weighted by atomic mass is 10.0. The van der Waals surface area contributed by atoms with Crippen LogP contribution in [0.1, 0.15) is 68.5 Å². The number of nitrogens with one attached hydrogen (secondary N) is 1. The summed E-state index contributed by atoms with van der Waals surface area (Å²) < 4.78 is 5.26. The van der Waals surface area contributed by atoms with E-state index in [2.05, 4.69) is 5.32 Å². The number of hydrogen-bond donors (Lipinski definition) is 1. The van der Waals surface area contributed by atoms with Crippen LogP contribution in [0, 0.1) is 6.92 Å². The fraction of sp³-hybridized carbons (Fsp3) is 0.214. The first-order valence-electron chi connectivity index (χ1n) is 11.4. The van der Waals surface area contributed by atoms with E-state index in [1.165, 1.54) is 18.2 Å². The molecule has 7 heteroatoms. The number of esters is 1. The zero-order valence-corrected chi connectivity index (χ0v) is 19.8. The average Bonchev–Trinajstić information content (AvgIpc) is 3.08. The maximum Gasteiger partial charge on any atom is 0.308 e. The second kappa shape index (κ2) is 9.93. The Morgan fingerprint density at radius 1 is 0.886 bits per heavy atom. The molecule has 0 saturated heterocycles. The standard InChI is InChI=1S/C28H26N2O5/c1-17(2)35-25(31)16-23(19-10-5-4-6-11-19)29-26(32)20-13-14-21-22(15-20)28(34)30(27(21)33)24-12-8-7-9-18(24)3/h4-15,17,23H,16H2,1-3H3,(H,29,32). The van der Waals surface area contributed by atoms with Crippen molar-refractivity contribution in [2.45, 2.75) is 39.3 Å². The number of carbonyl (C=O) groups is 4. The van der Waals surface area contributed by atoms with Crippen LogP contribution >= 0.6 is 0 Å². The Morgan fingerprint density at radius 2 is 1.54 bits per heavy atom. The molecule has 0 spiro atoms. The SMILES string of the molecule is Cc1ccccc1N1C(=O)c2ccc(C(=O)NC(CC(=O)OC(C)C)c3ccccc3)cc2C1=O. The molecule has 1 aliphatic rings. The minimum absolute atomic E-state index is 0.0443. The second-order valence-corrected chi connectivity index (χ2v) is 8.67. The minimum atomic E-state index is -0.621. The van der Waals surface area contributed by atoms with Crippen molar-refractivity contribution < 1.29 is 23.9 Å². The number of ether oxygens (including phenoxy) is 1. The quantitative estimate of drug-likeness (QED) is 0.402. The van der Waals surface area contributed by atoms with Crippen molar-refractivity contribution in [3.63, 3.8) is 0 Å². The number of hydrogen-bond acceptors (Lipinski definition) is 5. The zero-order chi connectivity index (χ0) is 25.1. The summed E-state index contributed by atoms with van der Waals surface area (Å²) in [6.45, 7) is 5.35. The number of imide groups is 1. The van der Waals surface area contributed by atoms with Gasteiger partial charge in [-0.25, -0.2) is 4.90 Å². The molecule has 0 fully saturated rings. The van der Waals surface area contributed by atoms with Crippen molar-refractivity contribution in [3.05, 3.63) is 101 Å². The molecule has 3 aromatic rings. The molecule has 0 aliphatic carbocycles. The summed E-state index contributed by atoms with van der Waals surface area (Å²) >= 11 is 0. The van der Waals surface area contributed by atoms with Crippen LogP contribution in [0.15, 0.2) is 72.8 Å². The molecular formula is C28H26N2O5. The Kier molecular flexibility index (Phi) is 6.78. The van der Waals surface area contributed by atoms with Crippen molar-refractivity contribution in [3.8, 4) is 0 Å². The topological polar surface area (TPSA) is 92.8 Å². The molecule has 1 atom stereocenters. The molecule has 0 radical (unpaired) electrons.